The summed E-state index contributed by atoms with van der Waals surface area (Å²) in [6.45, 7) is 1.25. The lowest BCUT2D eigenvalue weighted by atomic mass is 10.1. The van der Waals surface area contributed by atoms with Gasteiger partial charge in [-0.2, -0.15) is 0 Å². The van der Waals surface area contributed by atoms with Gasteiger partial charge >= 0.3 is 11.9 Å². The van der Waals surface area contributed by atoms with Crippen LogP contribution in [0.4, 0.5) is 0 Å². The van der Waals surface area contributed by atoms with Crippen molar-refractivity contribution in [1.29, 1.82) is 0 Å². The molecule has 0 aromatic heterocycles. The Balaban J connectivity index is 1.77. The van der Waals surface area contributed by atoms with Crippen molar-refractivity contribution in [3.63, 3.8) is 0 Å². The van der Waals surface area contributed by atoms with Crippen LogP contribution in [0.2, 0.25) is 0 Å². The highest BCUT2D eigenvalue weighted by molar-refractivity contribution is 5.90. The van der Waals surface area contributed by atoms with Gasteiger partial charge in [-0.3, -0.25) is 4.79 Å². The molecule has 8 heteroatoms. The first-order chi connectivity index (χ1) is 14.9. The number of ether oxygens (including phenoxy) is 4. The third-order valence-electron chi connectivity index (χ3n) is 5.11. The Kier molecular flexibility index (Phi) is 7.38. The Morgan fingerprint density at radius 1 is 0.935 bits per heavy atom. The van der Waals surface area contributed by atoms with Gasteiger partial charge in [0.05, 0.1) is 11.1 Å². The summed E-state index contributed by atoms with van der Waals surface area (Å²) >= 11 is 0. The van der Waals surface area contributed by atoms with Crippen molar-refractivity contribution in [2.45, 2.75) is 31.5 Å². The van der Waals surface area contributed by atoms with Gasteiger partial charge < -0.3 is 23.8 Å². The monoisotopic (exact) mass is 427 g/mol. The number of hydrogen-bond donors (Lipinski definition) is 0. The van der Waals surface area contributed by atoms with E-state index in [9.17, 15) is 14.4 Å². The molecule has 0 aliphatic carbocycles. The molecular formula is C23H25NO7. The summed E-state index contributed by atoms with van der Waals surface area (Å²) in [5.74, 6) is -1.35. The van der Waals surface area contributed by atoms with Crippen molar-refractivity contribution in [2.75, 3.05) is 20.8 Å². The Labute approximate surface area is 180 Å². The molecule has 0 radical (unpaired) electrons. The highest BCUT2D eigenvalue weighted by atomic mass is 16.7. The smallest absolute Gasteiger partial charge is 0.338 e. The van der Waals surface area contributed by atoms with Crippen LogP contribution in [0.5, 0.6) is 0 Å². The molecule has 1 saturated heterocycles. The van der Waals surface area contributed by atoms with E-state index in [-0.39, 0.29) is 12.5 Å². The molecule has 1 fully saturated rings. The van der Waals surface area contributed by atoms with Crippen LogP contribution >= 0.6 is 0 Å². The molecule has 0 saturated carbocycles. The number of carbonyl (C=O) groups is 3. The van der Waals surface area contributed by atoms with Crippen LogP contribution in [0.15, 0.2) is 60.7 Å². The number of amides is 1. The van der Waals surface area contributed by atoms with Crippen molar-refractivity contribution in [3.05, 3.63) is 71.8 Å². The largest absolute Gasteiger partial charge is 0.459 e. The predicted octanol–water partition coefficient (Wildman–Crippen LogP) is 2.29. The maximum Gasteiger partial charge on any atom is 0.338 e. The van der Waals surface area contributed by atoms with Gasteiger partial charge in [-0.25, -0.2) is 9.59 Å². The SMILES string of the molecule is CO[C@H]1O[C@@H](COC(=O)c2ccccc2)[C@H](N(C)C(C)=O)[C@H]1OC(=O)c1ccccc1. The maximum atomic E-state index is 12.6. The van der Waals surface area contributed by atoms with Crippen molar-refractivity contribution in [1.82, 2.24) is 4.90 Å². The zero-order valence-electron chi connectivity index (χ0n) is 17.6. The number of nitrogens with zero attached hydrogens (tertiary/aromatic N) is 1. The fourth-order valence-corrected chi connectivity index (χ4v) is 3.42. The average molecular weight is 427 g/mol. The van der Waals surface area contributed by atoms with Gasteiger partial charge in [-0.05, 0) is 24.3 Å². The highest BCUT2D eigenvalue weighted by Crippen LogP contribution is 2.29. The van der Waals surface area contributed by atoms with E-state index in [4.69, 9.17) is 18.9 Å². The molecule has 1 aliphatic rings. The van der Waals surface area contributed by atoms with E-state index in [1.54, 1.807) is 67.7 Å². The molecule has 2 aromatic rings. The second-order valence-corrected chi connectivity index (χ2v) is 7.10. The van der Waals surface area contributed by atoms with Gasteiger partial charge in [-0.1, -0.05) is 36.4 Å². The van der Waals surface area contributed by atoms with Crippen LogP contribution in [0.1, 0.15) is 27.6 Å². The molecule has 8 nitrogen and oxygen atoms in total. The van der Waals surface area contributed by atoms with Crippen LogP contribution in [0, 0.1) is 0 Å². The van der Waals surface area contributed by atoms with E-state index in [0.717, 1.165) is 0 Å². The first-order valence-corrected chi connectivity index (χ1v) is 9.82. The van der Waals surface area contributed by atoms with E-state index < -0.39 is 36.5 Å². The van der Waals surface area contributed by atoms with Crippen molar-refractivity contribution in [2.24, 2.45) is 0 Å². The number of rotatable bonds is 7. The van der Waals surface area contributed by atoms with Crippen molar-refractivity contribution in [3.8, 4) is 0 Å². The van der Waals surface area contributed by atoms with Crippen LogP contribution in [0.3, 0.4) is 0 Å². The van der Waals surface area contributed by atoms with Gasteiger partial charge in [0.25, 0.3) is 0 Å². The minimum atomic E-state index is -0.931. The van der Waals surface area contributed by atoms with E-state index in [1.807, 2.05) is 0 Å². The molecule has 2 aromatic carbocycles. The molecule has 1 heterocycles. The Bertz CT molecular complexity index is 903. The summed E-state index contributed by atoms with van der Waals surface area (Å²) in [7, 11) is 2.99. The summed E-state index contributed by atoms with van der Waals surface area (Å²) < 4.78 is 22.3. The Morgan fingerprint density at radius 3 is 2.00 bits per heavy atom. The number of carbonyl (C=O) groups excluding carboxylic acids is 3. The number of likely N-dealkylation sites (N-methyl/N-ethyl adjacent to an activating group) is 1. The fraction of sp³-hybridized carbons (Fsp3) is 0.348. The number of esters is 2. The predicted molar refractivity (Wildman–Crippen MR) is 110 cm³/mol. The zero-order valence-corrected chi connectivity index (χ0v) is 17.6. The van der Waals surface area contributed by atoms with Crippen LogP contribution in [0.25, 0.3) is 0 Å². The molecule has 4 atom stereocenters. The first-order valence-electron chi connectivity index (χ1n) is 9.82. The van der Waals surface area contributed by atoms with Crippen molar-refractivity contribution >= 4 is 17.8 Å². The summed E-state index contributed by atoms with van der Waals surface area (Å²) in [4.78, 5) is 38.5. The second kappa shape index (κ2) is 10.2. The highest BCUT2D eigenvalue weighted by Gasteiger charge is 2.50. The topological polar surface area (TPSA) is 91.4 Å². The quantitative estimate of drug-likeness (QED) is 0.626. The summed E-state index contributed by atoms with van der Waals surface area (Å²) in [6.07, 6.45) is -2.59. The number of methoxy groups -OCH3 is 1. The summed E-state index contributed by atoms with van der Waals surface area (Å²) in [6, 6.07) is 16.3. The van der Waals surface area contributed by atoms with E-state index in [1.165, 1.54) is 18.9 Å². The second-order valence-electron chi connectivity index (χ2n) is 7.10. The maximum absolute atomic E-state index is 12.6. The molecule has 1 aliphatic heterocycles. The standard InChI is InChI=1S/C23H25NO7/c1-15(25)24(2)19-18(14-29-21(26)16-10-6-4-7-11-16)30-23(28-3)20(19)31-22(27)17-12-8-5-9-13-17/h4-13,18-20,23H,14H2,1-3H3/t18-,19-,20+,23-/m0/s1. The normalized spacial score (nSPS) is 22.5. The molecule has 0 bridgehead atoms. The molecular weight excluding hydrogens is 402 g/mol. The Hall–Kier alpha value is -3.23. The first kappa shape index (κ1) is 22.5. The van der Waals surface area contributed by atoms with E-state index in [2.05, 4.69) is 0 Å². The average Bonchev–Trinajstić information content (AvgIpc) is 3.14. The van der Waals surface area contributed by atoms with Gasteiger partial charge in [0, 0.05) is 21.1 Å². The minimum absolute atomic E-state index is 0.144. The lowest BCUT2D eigenvalue weighted by molar-refractivity contribution is -0.155. The molecule has 0 unspecified atom stereocenters. The van der Waals surface area contributed by atoms with E-state index >= 15 is 0 Å². The number of hydrogen-bond acceptors (Lipinski definition) is 7. The molecule has 0 spiro atoms. The molecule has 0 N–H and O–H groups in total. The van der Waals surface area contributed by atoms with Gasteiger partial charge in [0.15, 0.2) is 12.4 Å². The van der Waals surface area contributed by atoms with E-state index in [0.29, 0.717) is 11.1 Å². The van der Waals surface area contributed by atoms with Gasteiger partial charge in [-0.15, -0.1) is 0 Å². The van der Waals surface area contributed by atoms with Gasteiger partial charge in [0.1, 0.15) is 18.8 Å². The minimum Gasteiger partial charge on any atom is -0.459 e. The third kappa shape index (κ3) is 5.28. The number of benzene rings is 2. The fourth-order valence-electron chi connectivity index (χ4n) is 3.42. The Morgan fingerprint density at radius 2 is 1.48 bits per heavy atom. The molecule has 31 heavy (non-hydrogen) atoms. The van der Waals surface area contributed by atoms with Crippen molar-refractivity contribution < 1.29 is 33.3 Å². The molecule has 1 amide bonds. The van der Waals surface area contributed by atoms with Crippen LogP contribution in [-0.2, 0) is 23.7 Å². The summed E-state index contributed by atoms with van der Waals surface area (Å²) in [5.41, 5.74) is 0.757. The third-order valence-corrected chi connectivity index (χ3v) is 5.11. The lowest BCUT2D eigenvalue weighted by Crippen LogP contribution is -2.51. The zero-order chi connectivity index (χ0) is 22.4. The van der Waals surface area contributed by atoms with Crippen LogP contribution < -0.4 is 0 Å². The van der Waals surface area contributed by atoms with Gasteiger partial charge in [0.2, 0.25) is 5.91 Å². The molecule has 164 valence electrons. The summed E-state index contributed by atoms with van der Waals surface area (Å²) in [5, 5.41) is 0. The molecule has 3 rings (SSSR count). The van der Waals surface area contributed by atoms with Crippen LogP contribution in [-0.4, -0.2) is 68.0 Å². The lowest BCUT2D eigenvalue weighted by Gasteiger charge is -2.31.